The first kappa shape index (κ1) is 19.2. The van der Waals surface area contributed by atoms with Crippen molar-refractivity contribution in [3.63, 3.8) is 0 Å². The van der Waals surface area contributed by atoms with Gasteiger partial charge in [0.15, 0.2) is 0 Å². The van der Waals surface area contributed by atoms with Gasteiger partial charge in [0.1, 0.15) is 11.6 Å². The molecule has 30 heavy (non-hydrogen) atoms. The molecule has 5 rings (SSSR count). The molecule has 2 N–H and O–H groups in total. The predicted octanol–water partition coefficient (Wildman–Crippen LogP) is 4.81. The summed E-state index contributed by atoms with van der Waals surface area (Å²) >= 11 is 0. The molecule has 2 aromatic heterocycles. The van der Waals surface area contributed by atoms with Gasteiger partial charge in [-0.25, -0.2) is 8.78 Å². The summed E-state index contributed by atoms with van der Waals surface area (Å²) in [5, 5.41) is 1.11. The smallest absolute Gasteiger partial charge is 0.131 e. The number of benzene rings is 1. The highest BCUT2D eigenvalue weighted by Crippen LogP contribution is 2.34. The summed E-state index contributed by atoms with van der Waals surface area (Å²) in [6, 6.07) is 5.83. The fraction of sp³-hybridized carbons (Fsp3) is 0.375. The molecule has 156 valence electrons. The molecule has 0 radical (unpaired) electrons. The van der Waals surface area contributed by atoms with Crippen molar-refractivity contribution in [3.8, 4) is 0 Å². The van der Waals surface area contributed by atoms with E-state index in [-0.39, 0.29) is 0 Å². The average Bonchev–Trinajstić information content (AvgIpc) is 3.55. The maximum atomic E-state index is 14.3. The summed E-state index contributed by atoms with van der Waals surface area (Å²) in [7, 11) is 0. The number of fused-ring (bicyclic) bond motifs is 1. The molecule has 1 aliphatic carbocycles. The number of likely N-dealkylation sites (tertiary alicyclic amines) is 1. The van der Waals surface area contributed by atoms with Gasteiger partial charge in [-0.1, -0.05) is 12.5 Å². The summed E-state index contributed by atoms with van der Waals surface area (Å²) in [4.78, 5) is 7.07. The van der Waals surface area contributed by atoms with Gasteiger partial charge in [0, 0.05) is 29.8 Å². The van der Waals surface area contributed by atoms with Crippen molar-refractivity contribution >= 4 is 16.6 Å². The van der Waals surface area contributed by atoms with Crippen molar-refractivity contribution in [3.05, 3.63) is 70.7 Å². The molecule has 3 aromatic rings. The monoisotopic (exact) mass is 408 g/mol. The topological polar surface area (TPSA) is 47.1 Å². The van der Waals surface area contributed by atoms with E-state index in [1.807, 2.05) is 10.8 Å². The molecule has 0 unspecified atom stereocenters. The van der Waals surface area contributed by atoms with Crippen LogP contribution in [-0.2, 0) is 13.1 Å². The second-order valence-electron chi connectivity index (χ2n) is 8.46. The van der Waals surface area contributed by atoms with E-state index in [0.29, 0.717) is 12.1 Å². The van der Waals surface area contributed by atoms with Crippen LogP contribution >= 0.6 is 0 Å². The number of nitrogens with zero attached hydrogens (tertiary/aromatic N) is 3. The Morgan fingerprint density at radius 3 is 2.53 bits per heavy atom. The number of halogens is 2. The average molecular weight is 408 g/mol. The third-order valence-electron chi connectivity index (χ3n) is 6.21. The Kier molecular flexibility index (Phi) is 5.03. The highest BCUT2D eigenvalue weighted by atomic mass is 19.1. The van der Waals surface area contributed by atoms with E-state index in [1.165, 1.54) is 42.5 Å². The molecular formula is C24H26F2N4. The third-order valence-corrected chi connectivity index (χ3v) is 6.21. The lowest BCUT2D eigenvalue weighted by Gasteiger charge is -2.26. The summed E-state index contributed by atoms with van der Waals surface area (Å²) in [5.41, 5.74) is 11.8. The Labute approximate surface area is 175 Å². The van der Waals surface area contributed by atoms with Gasteiger partial charge in [0.05, 0.1) is 29.6 Å². The van der Waals surface area contributed by atoms with Crippen LogP contribution in [0.2, 0.25) is 0 Å². The second-order valence-corrected chi connectivity index (χ2v) is 8.46. The summed E-state index contributed by atoms with van der Waals surface area (Å²) in [6.45, 7) is 3.39. The Balaban J connectivity index is 1.55. The number of aromatic nitrogens is 2. The van der Waals surface area contributed by atoms with E-state index >= 15 is 0 Å². The van der Waals surface area contributed by atoms with E-state index < -0.39 is 11.6 Å². The van der Waals surface area contributed by atoms with Crippen LogP contribution in [0.5, 0.6) is 0 Å². The van der Waals surface area contributed by atoms with E-state index in [4.69, 9.17) is 5.73 Å². The van der Waals surface area contributed by atoms with Crippen molar-refractivity contribution in [1.82, 2.24) is 14.5 Å². The summed E-state index contributed by atoms with van der Waals surface area (Å²) in [5.74, 6) is -1.09. The van der Waals surface area contributed by atoms with Crippen molar-refractivity contribution < 1.29 is 8.78 Å². The van der Waals surface area contributed by atoms with Crippen LogP contribution in [-0.4, -0.2) is 27.5 Å². The lowest BCUT2D eigenvalue weighted by molar-refractivity contribution is 0.221. The van der Waals surface area contributed by atoms with E-state index in [2.05, 4.69) is 22.1 Å². The zero-order valence-corrected chi connectivity index (χ0v) is 17.0. The highest BCUT2D eigenvalue weighted by molar-refractivity contribution is 5.86. The highest BCUT2D eigenvalue weighted by Gasteiger charge is 2.20. The molecular weight excluding hydrogens is 382 g/mol. The Bertz CT molecular complexity index is 1120. The SMILES string of the molecule is NC(=C1CC1)c1cc2c(CN3CCCCC3)cn(Cc3ccc(F)cc3F)c2cn1. The molecule has 3 heterocycles. The van der Waals surface area contributed by atoms with Crippen LogP contribution in [0.3, 0.4) is 0 Å². The van der Waals surface area contributed by atoms with Crippen LogP contribution in [0.1, 0.15) is 48.9 Å². The number of piperidine rings is 1. The fourth-order valence-corrected chi connectivity index (χ4v) is 4.37. The molecule has 2 fully saturated rings. The van der Waals surface area contributed by atoms with E-state index in [9.17, 15) is 8.78 Å². The van der Waals surface area contributed by atoms with E-state index in [0.717, 1.165) is 60.8 Å². The number of hydrogen-bond acceptors (Lipinski definition) is 3. The quantitative estimate of drug-likeness (QED) is 0.659. The molecule has 1 saturated heterocycles. The molecule has 0 amide bonds. The van der Waals surface area contributed by atoms with Gasteiger partial charge in [-0.15, -0.1) is 0 Å². The van der Waals surface area contributed by atoms with Gasteiger partial charge in [0.25, 0.3) is 0 Å². The molecule has 4 nitrogen and oxygen atoms in total. The minimum atomic E-state index is -0.561. The lowest BCUT2D eigenvalue weighted by Crippen LogP contribution is -2.29. The molecule has 1 saturated carbocycles. The van der Waals surface area contributed by atoms with Gasteiger partial charge in [-0.2, -0.15) is 0 Å². The maximum Gasteiger partial charge on any atom is 0.131 e. The second kappa shape index (κ2) is 7.84. The van der Waals surface area contributed by atoms with Crippen molar-refractivity contribution in [2.24, 2.45) is 5.73 Å². The van der Waals surface area contributed by atoms with E-state index in [1.54, 1.807) is 0 Å². The Morgan fingerprint density at radius 1 is 1.00 bits per heavy atom. The number of rotatable bonds is 5. The zero-order chi connectivity index (χ0) is 20.7. The number of nitrogens with two attached hydrogens (primary N) is 1. The van der Waals surface area contributed by atoms with Gasteiger partial charge < -0.3 is 10.3 Å². The Morgan fingerprint density at radius 2 is 1.80 bits per heavy atom. The van der Waals surface area contributed by atoms with Crippen LogP contribution in [0.4, 0.5) is 8.78 Å². The van der Waals surface area contributed by atoms with Crippen molar-refractivity contribution in [1.29, 1.82) is 0 Å². The van der Waals surface area contributed by atoms with Gasteiger partial charge >= 0.3 is 0 Å². The molecule has 0 bridgehead atoms. The van der Waals surface area contributed by atoms with Crippen molar-refractivity contribution in [2.45, 2.75) is 45.2 Å². The van der Waals surface area contributed by atoms with Crippen LogP contribution in [0.25, 0.3) is 16.6 Å². The first-order valence-electron chi connectivity index (χ1n) is 10.7. The Hall–Kier alpha value is -2.73. The molecule has 1 aliphatic heterocycles. The van der Waals surface area contributed by atoms with Crippen LogP contribution < -0.4 is 5.73 Å². The number of hydrogen-bond donors (Lipinski definition) is 1. The first-order valence-corrected chi connectivity index (χ1v) is 10.7. The molecule has 0 atom stereocenters. The maximum absolute atomic E-state index is 14.3. The fourth-order valence-electron chi connectivity index (χ4n) is 4.37. The van der Waals surface area contributed by atoms with Gasteiger partial charge in [0.2, 0.25) is 0 Å². The molecule has 6 heteroatoms. The lowest BCUT2D eigenvalue weighted by atomic mass is 10.1. The predicted molar refractivity (Wildman–Crippen MR) is 115 cm³/mol. The first-order chi connectivity index (χ1) is 14.6. The van der Waals surface area contributed by atoms with Gasteiger partial charge in [-0.3, -0.25) is 9.88 Å². The third kappa shape index (κ3) is 3.84. The minimum Gasteiger partial charge on any atom is -0.397 e. The molecule has 2 aliphatic rings. The van der Waals surface area contributed by atoms with Crippen LogP contribution in [0.15, 0.2) is 42.2 Å². The number of allylic oxidation sites excluding steroid dienone is 1. The zero-order valence-electron chi connectivity index (χ0n) is 17.0. The number of pyridine rings is 1. The molecule has 1 aromatic carbocycles. The molecule has 0 spiro atoms. The summed E-state index contributed by atoms with van der Waals surface area (Å²) < 4.78 is 29.6. The largest absolute Gasteiger partial charge is 0.397 e. The van der Waals surface area contributed by atoms with Crippen molar-refractivity contribution in [2.75, 3.05) is 13.1 Å². The van der Waals surface area contributed by atoms with Crippen LogP contribution in [0, 0.1) is 11.6 Å². The summed E-state index contributed by atoms with van der Waals surface area (Å²) in [6.07, 6.45) is 9.78. The standard InChI is InChI=1S/C24H26F2N4/c25-19-7-6-17(21(26)10-19)14-30-15-18(13-29-8-2-1-3-9-29)20-11-22(28-12-23(20)30)24(27)16-4-5-16/h6-7,10-12,15H,1-5,8-9,13-14,27H2. The normalized spacial score (nSPS) is 16.9. The minimum absolute atomic E-state index is 0.334. The van der Waals surface area contributed by atoms with Gasteiger partial charge in [-0.05, 0) is 62.0 Å².